The molecular weight excluding hydrogens is 219 g/mol. The average Bonchev–Trinajstić information content (AvgIpc) is 2.16. The summed E-state index contributed by atoms with van der Waals surface area (Å²) in [6.07, 6.45) is -7.27. The second kappa shape index (κ2) is 4.74. The van der Waals surface area contributed by atoms with Crippen molar-refractivity contribution in [2.24, 2.45) is 0 Å². The Balaban J connectivity index is 2.78. The fraction of sp³-hybridized carbons (Fsp3) is 0.455. The number of hydrogen-bond donors (Lipinski definition) is 1. The summed E-state index contributed by atoms with van der Waals surface area (Å²) in [6, 6.07) is 6.67. The van der Waals surface area contributed by atoms with Crippen LogP contribution in [0.1, 0.15) is 5.56 Å². The topological polar surface area (TPSA) is 23.5 Å². The van der Waals surface area contributed by atoms with Gasteiger partial charge in [0.25, 0.3) is 0 Å². The van der Waals surface area contributed by atoms with E-state index in [2.05, 4.69) is 0 Å². The van der Waals surface area contributed by atoms with E-state index in [-0.39, 0.29) is 0 Å². The first-order chi connectivity index (χ1) is 7.30. The summed E-state index contributed by atoms with van der Waals surface area (Å²) in [7, 11) is 3.61. The van der Waals surface area contributed by atoms with Gasteiger partial charge in [-0.1, -0.05) is 12.1 Å². The van der Waals surface area contributed by atoms with Gasteiger partial charge in [-0.3, -0.25) is 0 Å². The summed E-state index contributed by atoms with van der Waals surface area (Å²) < 4.78 is 36.4. The van der Waals surface area contributed by atoms with Gasteiger partial charge in [0.1, 0.15) is 0 Å². The Morgan fingerprint density at radius 1 is 1.31 bits per heavy atom. The van der Waals surface area contributed by atoms with Crippen molar-refractivity contribution in [1.82, 2.24) is 0 Å². The molecule has 1 atom stereocenters. The third-order valence-corrected chi connectivity index (χ3v) is 2.23. The maximum absolute atomic E-state index is 12.1. The van der Waals surface area contributed by atoms with Crippen molar-refractivity contribution in [2.75, 3.05) is 19.0 Å². The highest BCUT2D eigenvalue weighted by molar-refractivity contribution is 5.47. The molecule has 5 heteroatoms. The van der Waals surface area contributed by atoms with Crippen LogP contribution in [0.2, 0.25) is 0 Å². The molecule has 1 aromatic carbocycles. The normalized spacial score (nSPS) is 13.6. The Morgan fingerprint density at radius 2 is 1.94 bits per heavy atom. The van der Waals surface area contributed by atoms with Crippen molar-refractivity contribution in [3.05, 3.63) is 29.8 Å². The number of aliphatic hydroxyl groups is 1. The van der Waals surface area contributed by atoms with Gasteiger partial charge in [0.15, 0.2) is 6.10 Å². The highest BCUT2D eigenvalue weighted by atomic mass is 19.4. The quantitative estimate of drug-likeness (QED) is 0.865. The molecule has 16 heavy (non-hydrogen) atoms. The van der Waals surface area contributed by atoms with Crippen molar-refractivity contribution in [3.8, 4) is 0 Å². The summed E-state index contributed by atoms with van der Waals surface area (Å²) in [6.45, 7) is 0. The zero-order chi connectivity index (χ0) is 12.3. The van der Waals surface area contributed by atoms with Crippen molar-refractivity contribution < 1.29 is 18.3 Å². The maximum Gasteiger partial charge on any atom is 0.414 e. The smallest absolute Gasteiger partial charge is 0.383 e. The van der Waals surface area contributed by atoms with E-state index in [0.717, 1.165) is 5.69 Å². The average molecular weight is 233 g/mol. The van der Waals surface area contributed by atoms with Gasteiger partial charge in [-0.05, 0) is 17.7 Å². The lowest BCUT2D eigenvalue weighted by Crippen LogP contribution is -2.30. The van der Waals surface area contributed by atoms with E-state index in [9.17, 15) is 13.2 Å². The van der Waals surface area contributed by atoms with Gasteiger partial charge in [0.2, 0.25) is 0 Å². The minimum absolute atomic E-state index is 0.412. The number of aliphatic hydroxyl groups excluding tert-OH is 1. The molecule has 0 fully saturated rings. The van der Waals surface area contributed by atoms with E-state index in [1.54, 1.807) is 43.3 Å². The minimum Gasteiger partial charge on any atom is -0.383 e. The summed E-state index contributed by atoms with van der Waals surface area (Å²) in [5, 5.41) is 8.93. The molecule has 90 valence electrons. The van der Waals surface area contributed by atoms with E-state index in [0.29, 0.717) is 5.56 Å². The van der Waals surface area contributed by atoms with Gasteiger partial charge >= 0.3 is 6.18 Å². The Kier molecular flexibility index (Phi) is 3.80. The second-order valence-electron chi connectivity index (χ2n) is 3.83. The molecule has 0 aliphatic carbocycles. The van der Waals surface area contributed by atoms with Crippen LogP contribution in [0.5, 0.6) is 0 Å². The Hall–Kier alpha value is -1.23. The summed E-state index contributed by atoms with van der Waals surface area (Å²) in [5.41, 5.74) is 1.28. The second-order valence-corrected chi connectivity index (χ2v) is 3.83. The number of rotatable bonds is 3. The summed E-state index contributed by atoms with van der Waals surface area (Å²) in [4.78, 5) is 1.80. The monoisotopic (exact) mass is 233 g/mol. The number of anilines is 1. The highest BCUT2D eigenvalue weighted by Gasteiger charge is 2.37. The van der Waals surface area contributed by atoms with Crippen LogP contribution in [0, 0.1) is 0 Å². The van der Waals surface area contributed by atoms with E-state index >= 15 is 0 Å². The van der Waals surface area contributed by atoms with Crippen LogP contribution in [0.15, 0.2) is 24.3 Å². The molecular formula is C11H14F3NO. The molecule has 1 rings (SSSR count). The molecule has 0 amide bonds. The molecule has 1 aromatic rings. The predicted molar refractivity (Wildman–Crippen MR) is 56.5 cm³/mol. The molecule has 2 nitrogen and oxygen atoms in total. The van der Waals surface area contributed by atoms with Crippen LogP contribution in [-0.2, 0) is 6.42 Å². The minimum atomic E-state index is -4.56. The number of nitrogens with zero attached hydrogens (tertiary/aromatic N) is 1. The number of hydrogen-bond acceptors (Lipinski definition) is 2. The fourth-order valence-electron chi connectivity index (χ4n) is 1.30. The zero-order valence-corrected chi connectivity index (χ0v) is 9.12. The lowest BCUT2D eigenvalue weighted by molar-refractivity contribution is -0.203. The van der Waals surface area contributed by atoms with E-state index < -0.39 is 18.7 Å². The van der Waals surface area contributed by atoms with Crippen LogP contribution in [0.4, 0.5) is 18.9 Å². The third kappa shape index (κ3) is 3.41. The largest absolute Gasteiger partial charge is 0.414 e. The standard InChI is InChI=1S/C11H14F3NO/c1-15(2)9-5-3-4-8(6-9)7-10(16)11(12,13)14/h3-6,10,16H,7H2,1-2H3. The Bertz CT molecular complexity index is 349. The summed E-state index contributed by atoms with van der Waals surface area (Å²) in [5.74, 6) is 0. The first-order valence-electron chi connectivity index (χ1n) is 4.82. The number of alkyl halides is 3. The maximum atomic E-state index is 12.1. The van der Waals surface area contributed by atoms with Crippen LogP contribution < -0.4 is 4.90 Å². The lowest BCUT2D eigenvalue weighted by atomic mass is 10.1. The first kappa shape index (κ1) is 12.8. The van der Waals surface area contributed by atoms with E-state index in [4.69, 9.17) is 5.11 Å². The van der Waals surface area contributed by atoms with Crippen molar-refractivity contribution in [3.63, 3.8) is 0 Å². The van der Waals surface area contributed by atoms with Crippen molar-refractivity contribution >= 4 is 5.69 Å². The lowest BCUT2D eigenvalue weighted by Gasteiger charge is -2.17. The van der Waals surface area contributed by atoms with Gasteiger partial charge in [0.05, 0.1) is 0 Å². The third-order valence-electron chi connectivity index (χ3n) is 2.23. The molecule has 0 heterocycles. The van der Waals surface area contributed by atoms with Gasteiger partial charge in [-0.25, -0.2) is 0 Å². The van der Waals surface area contributed by atoms with Crippen LogP contribution >= 0.6 is 0 Å². The molecule has 1 N–H and O–H groups in total. The summed E-state index contributed by atoms with van der Waals surface area (Å²) >= 11 is 0. The molecule has 0 aliphatic rings. The molecule has 0 aliphatic heterocycles. The first-order valence-corrected chi connectivity index (χ1v) is 4.82. The van der Waals surface area contributed by atoms with Gasteiger partial charge in [-0.2, -0.15) is 13.2 Å². The van der Waals surface area contributed by atoms with Crippen molar-refractivity contribution in [2.45, 2.75) is 18.7 Å². The van der Waals surface area contributed by atoms with Crippen molar-refractivity contribution in [1.29, 1.82) is 0 Å². The van der Waals surface area contributed by atoms with Crippen LogP contribution in [0.3, 0.4) is 0 Å². The molecule has 1 unspecified atom stereocenters. The zero-order valence-electron chi connectivity index (χ0n) is 9.12. The van der Waals surface area contributed by atoms with E-state index in [1.165, 1.54) is 0 Å². The Morgan fingerprint density at radius 3 is 2.44 bits per heavy atom. The predicted octanol–water partition coefficient (Wildman–Crippen LogP) is 2.22. The molecule has 0 spiro atoms. The van der Waals surface area contributed by atoms with Gasteiger partial charge in [-0.15, -0.1) is 0 Å². The van der Waals surface area contributed by atoms with Crippen LogP contribution in [-0.4, -0.2) is 31.5 Å². The fourth-order valence-corrected chi connectivity index (χ4v) is 1.30. The Labute approximate surface area is 92.3 Å². The molecule has 0 saturated heterocycles. The molecule has 0 radical (unpaired) electrons. The van der Waals surface area contributed by atoms with Gasteiger partial charge < -0.3 is 10.0 Å². The van der Waals surface area contributed by atoms with Crippen LogP contribution in [0.25, 0.3) is 0 Å². The number of halogens is 3. The highest BCUT2D eigenvalue weighted by Crippen LogP contribution is 2.24. The molecule has 0 aromatic heterocycles. The van der Waals surface area contributed by atoms with E-state index in [1.807, 2.05) is 0 Å². The number of benzene rings is 1. The van der Waals surface area contributed by atoms with Gasteiger partial charge in [0, 0.05) is 26.2 Å². The molecule has 0 saturated carbocycles. The molecule has 0 bridgehead atoms. The SMILES string of the molecule is CN(C)c1cccc(CC(O)C(F)(F)F)c1.